The first-order valence-corrected chi connectivity index (χ1v) is 15.4. The summed E-state index contributed by atoms with van der Waals surface area (Å²) in [6.45, 7) is 1.75. The van der Waals surface area contributed by atoms with Gasteiger partial charge in [0.15, 0.2) is 0 Å². The maximum absolute atomic E-state index is 13.9. The molecule has 0 saturated heterocycles. The van der Waals surface area contributed by atoms with Crippen molar-refractivity contribution in [3.8, 4) is 16.9 Å². The van der Waals surface area contributed by atoms with Crippen LogP contribution in [0.5, 0.6) is 5.75 Å². The fourth-order valence-corrected chi connectivity index (χ4v) is 6.77. The molecule has 0 fully saturated rings. The van der Waals surface area contributed by atoms with Gasteiger partial charge in [0.05, 0.1) is 28.6 Å². The minimum Gasteiger partial charge on any atom is -0.492 e. The van der Waals surface area contributed by atoms with E-state index in [9.17, 15) is 31.2 Å². The standard InChI is InChI=1S/C33H29F3N2O6S/c1-21(32(40)41)22-9-13-27(14-10-22)44-18-17-37-31(39)30-20-25-5-2-3-8-29(25)38(30)45(42,43)28-15-11-23(12-16-28)24-6-4-7-26(19-24)33(34,35)36/h2-16,19,21,30H,17-18,20H2,1H3,(H,37,39)(H,40,41)/t21?,30-/m0/s1. The van der Waals surface area contributed by atoms with Gasteiger partial charge in [-0.2, -0.15) is 13.2 Å². The van der Waals surface area contributed by atoms with Crippen LogP contribution in [0.15, 0.2) is 102 Å². The Labute approximate surface area is 258 Å². The van der Waals surface area contributed by atoms with Crippen LogP contribution >= 0.6 is 0 Å². The molecule has 1 aliphatic rings. The number of ether oxygens (including phenoxy) is 1. The topological polar surface area (TPSA) is 113 Å². The Balaban J connectivity index is 1.29. The van der Waals surface area contributed by atoms with Gasteiger partial charge in [0.1, 0.15) is 18.4 Å². The van der Waals surface area contributed by atoms with Gasteiger partial charge in [0.2, 0.25) is 5.91 Å². The number of carbonyl (C=O) groups excluding carboxylic acids is 1. The van der Waals surface area contributed by atoms with E-state index < -0.39 is 45.6 Å². The number of carbonyl (C=O) groups is 2. The number of nitrogens with zero attached hydrogens (tertiary/aromatic N) is 1. The van der Waals surface area contributed by atoms with Crippen LogP contribution in [-0.2, 0) is 32.2 Å². The molecule has 45 heavy (non-hydrogen) atoms. The SMILES string of the molecule is CC(C(=O)O)c1ccc(OCCNC(=O)[C@@H]2Cc3ccccc3N2S(=O)(=O)c2ccc(-c3cccc(C(F)(F)F)c3)cc2)cc1. The predicted molar refractivity (Wildman–Crippen MR) is 161 cm³/mol. The molecule has 0 aliphatic carbocycles. The molecule has 1 amide bonds. The lowest BCUT2D eigenvalue weighted by atomic mass is 10.0. The zero-order chi connectivity index (χ0) is 32.4. The second kappa shape index (κ2) is 12.6. The number of anilines is 1. The molecule has 12 heteroatoms. The van der Waals surface area contributed by atoms with Crippen molar-refractivity contribution in [2.75, 3.05) is 17.5 Å². The molecule has 5 rings (SSSR count). The molecule has 234 valence electrons. The third-order valence-electron chi connectivity index (χ3n) is 7.58. The lowest BCUT2D eigenvalue weighted by molar-refractivity contribution is -0.138. The second-order valence-corrected chi connectivity index (χ2v) is 12.3. The molecule has 0 aromatic heterocycles. The number of fused-ring (bicyclic) bond motifs is 1. The largest absolute Gasteiger partial charge is 0.492 e. The highest BCUT2D eigenvalue weighted by molar-refractivity contribution is 7.93. The fraction of sp³-hybridized carbons (Fsp3) is 0.212. The van der Waals surface area contributed by atoms with E-state index >= 15 is 0 Å². The number of rotatable bonds is 10. The molecule has 1 heterocycles. The molecule has 8 nitrogen and oxygen atoms in total. The summed E-state index contributed by atoms with van der Waals surface area (Å²) in [6.07, 6.45) is -4.37. The number of para-hydroxylation sites is 1. The average Bonchev–Trinajstić information content (AvgIpc) is 3.43. The van der Waals surface area contributed by atoms with Crippen molar-refractivity contribution in [1.29, 1.82) is 0 Å². The Morgan fingerprint density at radius 3 is 2.31 bits per heavy atom. The molecule has 0 radical (unpaired) electrons. The fourth-order valence-electron chi connectivity index (χ4n) is 5.12. The van der Waals surface area contributed by atoms with Gasteiger partial charge in [0, 0.05) is 6.42 Å². The van der Waals surface area contributed by atoms with E-state index in [1.54, 1.807) is 55.5 Å². The molecule has 0 bridgehead atoms. The zero-order valence-corrected chi connectivity index (χ0v) is 24.8. The number of benzene rings is 4. The van der Waals surface area contributed by atoms with Gasteiger partial charge < -0.3 is 15.2 Å². The summed E-state index contributed by atoms with van der Waals surface area (Å²) < 4.78 is 74.2. The summed E-state index contributed by atoms with van der Waals surface area (Å²) in [5.41, 5.74) is 1.54. The summed E-state index contributed by atoms with van der Waals surface area (Å²) in [6, 6.07) is 22.6. The number of nitrogens with one attached hydrogen (secondary N) is 1. The van der Waals surface area contributed by atoms with Crippen molar-refractivity contribution in [3.05, 3.63) is 114 Å². The maximum Gasteiger partial charge on any atom is 0.416 e. The van der Waals surface area contributed by atoms with Crippen LogP contribution in [-0.4, -0.2) is 44.6 Å². The van der Waals surface area contributed by atoms with Crippen molar-refractivity contribution in [1.82, 2.24) is 5.32 Å². The predicted octanol–water partition coefficient (Wildman–Crippen LogP) is 5.88. The summed E-state index contributed by atoms with van der Waals surface area (Å²) >= 11 is 0. The average molecular weight is 639 g/mol. The van der Waals surface area contributed by atoms with Gasteiger partial charge in [-0.25, -0.2) is 8.42 Å². The molecular weight excluding hydrogens is 609 g/mol. The van der Waals surface area contributed by atoms with Crippen LogP contribution in [0.25, 0.3) is 11.1 Å². The first-order chi connectivity index (χ1) is 21.4. The summed E-state index contributed by atoms with van der Waals surface area (Å²) in [5.74, 6) is -1.65. The monoisotopic (exact) mass is 638 g/mol. The number of hydrogen-bond donors (Lipinski definition) is 2. The maximum atomic E-state index is 13.9. The lowest BCUT2D eigenvalue weighted by Crippen LogP contribution is -2.48. The number of alkyl halides is 3. The quantitative estimate of drug-likeness (QED) is 0.210. The van der Waals surface area contributed by atoms with E-state index in [1.165, 1.54) is 36.4 Å². The Bertz CT molecular complexity index is 1810. The van der Waals surface area contributed by atoms with Gasteiger partial charge in [0.25, 0.3) is 10.0 Å². The van der Waals surface area contributed by atoms with Gasteiger partial charge in [-0.3, -0.25) is 13.9 Å². The Kier molecular flexibility index (Phi) is 8.87. The Morgan fingerprint density at radius 1 is 0.956 bits per heavy atom. The Hall–Kier alpha value is -4.84. The molecule has 2 N–H and O–H groups in total. The molecular formula is C33H29F3N2O6S. The van der Waals surface area contributed by atoms with Crippen LogP contribution in [0, 0.1) is 0 Å². The highest BCUT2D eigenvalue weighted by Gasteiger charge is 2.42. The number of sulfonamides is 1. The van der Waals surface area contributed by atoms with Gasteiger partial charge in [-0.05, 0) is 71.6 Å². The lowest BCUT2D eigenvalue weighted by Gasteiger charge is -2.26. The minimum absolute atomic E-state index is 0.0819. The molecule has 1 unspecified atom stereocenters. The van der Waals surface area contributed by atoms with E-state index in [2.05, 4.69) is 5.32 Å². The first-order valence-electron chi connectivity index (χ1n) is 14.0. The van der Waals surface area contributed by atoms with E-state index in [4.69, 9.17) is 9.84 Å². The van der Waals surface area contributed by atoms with Crippen LogP contribution in [0.4, 0.5) is 18.9 Å². The zero-order valence-electron chi connectivity index (χ0n) is 24.0. The number of amides is 1. The number of carboxylic acids is 1. The number of hydrogen-bond acceptors (Lipinski definition) is 5. The third kappa shape index (κ3) is 6.80. The van der Waals surface area contributed by atoms with Gasteiger partial charge in [-0.1, -0.05) is 54.6 Å². The number of halogens is 3. The van der Waals surface area contributed by atoms with Gasteiger partial charge in [-0.15, -0.1) is 0 Å². The van der Waals surface area contributed by atoms with Crippen LogP contribution in [0.2, 0.25) is 0 Å². The summed E-state index contributed by atoms with van der Waals surface area (Å²) in [7, 11) is -4.25. The van der Waals surface area contributed by atoms with Crippen LogP contribution < -0.4 is 14.4 Å². The number of carboxylic acid groups (broad SMARTS) is 1. The van der Waals surface area contributed by atoms with Crippen LogP contribution in [0.1, 0.15) is 29.5 Å². The minimum atomic E-state index is -4.52. The molecule has 0 saturated carbocycles. The summed E-state index contributed by atoms with van der Waals surface area (Å²) in [4.78, 5) is 24.4. The van der Waals surface area contributed by atoms with Crippen molar-refractivity contribution in [2.24, 2.45) is 0 Å². The van der Waals surface area contributed by atoms with Crippen molar-refractivity contribution in [2.45, 2.75) is 36.4 Å². The number of aliphatic carboxylic acids is 1. The van der Waals surface area contributed by atoms with Gasteiger partial charge >= 0.3 is 12.1 Å². The first kappa shape index (κ1) is 31.6. The van der Waals surface area contributed by atoms with Crippen LogP contribution in [0.3, 0.4) is 0 Å². The normalized spacial score (nSPS) is 15.3. The molecule has 4 aromatic carbocycles. The molecule has 4 aromatic rings. The smallest absolute Gasteiger partial charge is 0.416 e. The third-order valence-corrected chi connectivity index (χ3v) is 9.42. The van der Waals surface area contributed by atoms with E-state index in [-0.39, 0.29) is 30.0 Å². The van der Waals surface area contributed by atoms with Crippen molar-refractivity contribution in [3.63, 3.8) is 0 Å². The highest BCUT2D eigenvalue weighted by atomic mass is 32.2. The van der Waals surface area contributed by atoms with E-state index in [0.29, 0.717) is 28.1 Å². The summed E-state index contributed by atoms with van der Waals surface area (Å²) in [5, 5.41) is 11.9. The van der Waals surface area contributed by atoms with E-state index in [0.717, 1.165) is 16.4 Å². The van der Waals surface area contributed by atoms with Crippen molar-refractivity contribution < 1.29 is 41.0 Å². The molecule has 0 spiro atoms. The molecule has 1 aliphatic heterocycles. The van der Waals surface area contributed by atoms with Crippen molar-refractivity contribution >= 4 is 27.6 Å². The Morgan fingerprint density at radius 2 is 1.64 bits per heavy atom. The highest BCUT2D eigenvalue weighted by Crippen LogP contribution is 2.38. The van der Waals surface area contributed by atoms with E-state index in [1.807, 2.05) is 0 Å². The second-order valence-electron chi connectivity index (χ2n) is 10.5. The molecule has 2 atom stereocenters.